The van der Waals surface area contributed by atoms with Crippen LogP contribution in [0, 0.1) is 11.8 Å². The second kappa shape index (κ2) is 6.03. The molecule has 1 heterocycles. The molecule has 0 aromatic carbocycles. The maximum absolute atomic E-state index is 12.1. The van der Waals surface area contributed by atoms with Gasteiger partial charge in [0.1, 0.15) is 11.4 Å². The number of hydrogen-bond donors (Lipinski definition) is 2. The third-order valence-electron chi connectivity index (χ3n) is 3.95. The average Bonchev–Trinajstić information content (AvgIpc) is 2.42. The molecule has 2 rings (SSSR count). The fraction of sp³-hybridized carbons (Fsp3) is 0.533. The zero-order valence-corrected chi connectivity index (χ0v) is 11.8. The molecule has 3 unspecified atom stereocenters. The van der Waals surface area contributed by atoms with Gasteiger partial charge in [-0.15, -0.1) is 0 Å². The lowest BCUT2D eigenvalue weighted by atomic mass is 9.80. The molecular formula is C15H20N2O3. The molecular weight excluding hydrogens is 256 g/mol. The van der Waals surface area contributed by atoms with Gasteiger partial charge in [0.2, 0.25) is 0 Å². The lowest BCUT2D eigenvalue weighted by molar-refractivity contribution is 0.0690. The van der Waals surface area contributed by atoms with Crippen LogP contribution in [0.5, 0.6) is 0 Å². The van der Waals surface area contributed by atoms with E-state index in [1.165, 1.54) is 18.2 Å². The molecule has 1 fully saturated rings. The summed E-state index contributed by atoms with van der Waals surface area (Å²) < 4.78 is 0. The number of carbonyl (C=O) groups is 2. The van der Waals surface area contributed by atoms with Gasteiger partial charge in [-0.05, 0) is 43.2 Å². The Bertz CT molecular complexity index is 516. The van der Waals surface area contributed by atoms with Gasteiger partial charge in [-0.2, -0.15) is 0 Å². The van der Waals surface area contributed by atoms with Crippen molar-refractivity contribution in [2.45, 2.75) is 39.2 Å². The molecule has 0 saturated heterocycles. The number of carboxylic acid groups (broad SMARTS) is 1. The van der Waals surface area contributed by atoms with Crippen molar-refractivity contribution in [1.29, 1.82) is 0 Å². The van der Waals surface area contributed by atoms with E-state index in [0.717, 1.165) is 19.3 Å². The molecule has 1 aliphatic carbocycles. The summed E-state index contributed by atoms with van der Waals surface area (Å²) in [7, 11) is 0. The first-order valence-electron chi connectivity index (χ1n) is 6.98. The number of nitrogens with one attached hydrogen (secondary N) is 1. The molecule has 0 radical (unpaired) electrons. The van der Waals surface area contributed by atoms with Crippen LogP contribution in [0.3, 0.4) is 0 Å². The highest BCUT2D eigenvalue weighted by molar-refractivity contribution is 5.94. The van der Waals surface area contributed by atoms with Crippen molar-refractivity contribution in [3.05, 3.63) is 29.6 Å². The second-order valence-electron chi connectivity index (χ2n) is 5.69. The number of hydrogen-bond acceptors (Lipinski definition) is 3. The highest BCUT2D eigenvalue weighted by Crippen LogP contribution is 2.28. The summed E-state index contributed by atoms with van der Waals surface area (Å²) in [6.07, 6.45) is 3.18. The molecule has 1 saturated carbocycles. The van der Waals surface area contributed by atoms with E-state index in [-0.39, 0.29) is 23.3 Å². The summed E-state index contributed by atoms with van der Waals surface area (Å²) in [6.45, 7) is 4.37. The fourth-order valence-electron chi connectivity index (χ4n) is 2.80. The van der Waals surface area contributed by atoms with Crippen LogP contribution in [0.15, 0.2) is 18.2 Å². The number of nitrogens with zero attached hydrogens (tertiary/aromatic N) is 1. The molecule has 5 heteroatoms. The first kappa shape index (κ1) is 14.5. The highest BCUT2D eigenvalue weighted by Gasteiger charge is 2.27. The minimum atomic E-state index is -1.13. The summed E-state index contributed by atoms with van der Waals surface area (Å²) >= 11 is 0. The van der Waals surface area contributed by atoms with Gasteiger partial charge >= 0.3 is 5.97 Å². The summed E-state index contributed by atoms with van der Waals surface area (Å²) in [6, 6.07) is 4.61. The molecule has 3 atom stereocenters. The van der Waals surface area contributed by atoms with Crippen molar-refractivity contribution in [2.75, 3.05) is 0 Å². The first-order chi connectivity index (χ1) is 9.47. The Hall–Kier alpha value is -1.91. The van der Waals surface area contributed by atoms with E-state index in [1.807, 2.05) is 0 Å². The van der Waals surface area contributed by atoms with E-state index in [1.54, 1.807) is 0 Å². The number of rotatable bonds is 3. The monoisotopic (exact) mass is 276 g/mol. The van der Waals surface area contributed by atoms with Crippen molar-refractivity contribution in [1.82, 2.24) is 10.3 Å². The van der Waals surface area contributed by atoms with Gasteiger partial charge in [-0.1, -0.05) is 19.9 Å². The zero-order valence-electron chi connectivity index (χ0n) is 11.8. The number of amides is 1. The normalized spacial score (nSPS) is 26.0. The van der Waals surface area contributed by atoms with Gasteiger partial charge in [-0.3, -0.25) is 4.79 Å². The number of carboxylic acids is 1. The van der Waals surface area contributed by atoms with Crippen molar-refractivity contribution in [2.24, 2.45) is 11.8 Å². The third kappa shape index (κ3) is 3.35. The lowest BCUT2D eigenvalue weighted by Crippen LogP contribution is -2.42. The Kier molecular flexibility index (Phi) is 4.37. The van der Waals surface area contributed by atoms with Gasteiger partial charge in [0.05, 0.1) is 0 Å². The van der Waals surface area contributed by atoms with Crippen LogP contribution in [0.25, 0.3) is 0 Å². The van der Waals surface area contributed by atoms with Crippen LogP contribution in [0.4, 0.5) is 0 Å². The zero-order chi connectivity index (χ0) is 14.7. The standard InChI is InChI=1S/C15H20N2O3/c1-9-6-7-11(10(2)8-9)17-14(18)12-4-3-5-13(16-12)15(19)20/h3-5,9-11H,6-8H2,1-2H3,(H,17,18)(H,19,20). The predicted molar refractivity (Wildman–Crippen MR) is 74.6 cm³/mol. The molecule has 20 heavy (non-hydrogen) atoms. The summed E-state index contributed by atoms with van der Waals surface area (Å²) in [5.41, 5.74) is 0.0543. The van der Waals surface area contributed by atoms with Crippen LogP contribution in [0.1, 0.15) is 54.1 Å². The highest BCUT2D eigenvalue weighted by atomic mass is 16.4. The summed E-state index contributed by atoms with van der Waals surface area (Å²) in [5, 5.41) is 11.9. The van der Waals surface area contributed by atoms with Gasteiger partial charge in [0.15, 0.2) is 0 Å². The molecule has 1 amide bonds. The topological polar surface area (TPSA) is 79.3 Å². The summed E-state index contributed by atoms with van der Waals surface area (Å²) in [5.74, 6) is -0.281. The molecule has 0 aliphatic heterocycles. The van der Waals surface area contributed by atoms with Crippen molar-refractivity contribution in [3.63, 3.8) is 0 Å². The summed E-state index contributed by atoms with van der Waals surface area (Å²) in [4.78, 5) is 26.9. The lowest BCUT2D eigenvalue weighted by Gasteiger charge is -2.33. The van der Waals surface area contributed by atoms with Crippen molar-refractivity contribution >= 4 is 11.9 Å². The number of aromatic carboxylic acids is 1. The molecule has 1 aromatic rings. The third-order valence-corrected chi connectivity index (χ3v) is 3.95. The average molecular weight is 276 g/mol. The Balaban J connectivity index is 2.05. The van der Waals surface area contributed by atoms with Crippen molar-refractivity contribution < 1.29 is 14.7 Å². The van der Waals surface area contributed by atoms with E-state index in [9.17, 15) is 9.59 Å². The van der Waals surface area contributed by atoms with Gasteiger partial charge in [-0.25, -0.2) is 9.78 Å². The predicted octanol–water partition coefficient (Wildman–Crippen LogP) is 2.33. The second-order valence-corrected chi connectivity index (χ2v) is 5.69. The van der Waals surface area contributed by atoms with E-state index in [0.29, 0.717) is 11.8 Å². The quantitative estimate of drug-likeness (QED) is 0.888. The molecule has 0 spiro atoms. The minimum Gasteiger partial charge on any atom is -0.477 e. The first-order valence-corrected chi connectivity index (χ1v) is 6.98. The van der Waals surface area contributed by atoms with Crippen LogP contribution in [-0.4, -0.2) is 28.0 Å². The maximum Gasteiger partial charge on any atom is 0.354 e. The van der Waals surface area contributed by atoms with E-state index in [2.05, 4.69) is 24.1 Å². The Labute approximate surface area is 118 Å². The minimum absolute atomic E-state index is 0.108. The molecule has 2 N–H and O–H groups in total. The van der Waals surface area contributed by atoms with E-state index >= 15 is 0 Å². The Morgan fingerprint density at radius 3 is 2.60 bits per heavy atom. The molecule has 5 nitrogen and oxygen atoms in total. The fourth-order valence-corrected chi connectivity index (χ4v) is 2.80. The van der Waals surface area contributed by atoms with Crippen LogP contribution in [-0.2, 0) is 0 Å². The van der Waals surface area contributed by atoms with Crippen LogP contribution >= 0.6 is 0 Å². The largest absolute Gasteiger partial charge is 0.477 e. The smallest absolute Gasteiger partial charge is 0.354 e. The number of aromatic nitrogens is 1. The Morgan fingerprint density at radius 2 is 1.95 bits per heavy atom. The van der Waals surface area contributed by atoms with E-state index in [4.69, 9.17) is 5.11 Å². The van der Waals surface area contributed by atoms with Crippen molar-refractivity contribution in [3.8, 4) is 0 Å². The van der Waals surface area contributed by atoms with Gasteiger partial charge < -0.3 is 10.4 Å². The maximum atomic E-state index is 12.1. The molecule has 108 valence electrons. The SMILES string of the molecule is CC1CCC(NC(=O)c2cccc(C(=O)O)n2)C(C)C1. The van der Waals surface area contributed by atoms with Gasteiger partial charge in [0, 0.05) is 6.04 Å². The number of carbonyl (C=O) groups excluding carboxylic acids is 1. The van der Waals surface area contributed by atoms with E-state index < -0.39 is 5.97 Å². The number of pyridine rings is 1. The van der Waals surface area contributed by atoms with Crippen LogP contribution in [0.2, 0.25) is 0 Å². The Morgan fingerprint density at radius 1 is 1.25 bits per heavy atom. The molecule has 1 aromatic heterocycles. The molecule has 0 bridgehead atoms. The van der Waals surface area contributed by atoms with Crippen LogP contribution < -0.4 is 5.32 Å². The molecule has 1 aliphatic rings. The van der Waals surface area contributed by atoms with Gasteiger partial charge in [0.25, 0.3) is 5.91 Å².